The van der Waals surface area contributed by atoms with Crippen molar-refractivity contribution >= 4 is 12.0 Å². The SMILES string of the molecule is CC/C=C/C(=O)N1C(=O)OCC1C1CCCCC1. The third-order valence-corrected chi connectivity index (χ3v) is 3.83. The highest BCUT2D eigenvalue weighted by Crippen LogP contribution is 2.32. The molecule has 1 saturated heterocycles. The van der Waals surface area contributed by atoms with Crippen LogP contribution in [0, 0.1) is 5.92 Å². The lowest BCUT2D eigenvalue weighted by atomic mass is 9.84. The Bertz CT molecular complexity index is 345. The van der Waals surface area contributed by atoms with Crippen LogP contribution in [0.4, 0.5) is 4.79 Å². The molecule has 4 nitrogen and oxygen atoms in total. The monoisotopic (exact) mass is 251 g/mol. The number of hydrogen-bond donors (Lipinski definition) is 0. The number of carbonyl (C=O) groups is 2. The van der Waals surface area contributed by atoms with E-state index in [1.165, 1.54) is 30.2 Å². The second kappa shape index (κ2) is 6.03. The summed E-state index contributed by atoms with van der Waals surface area (Å²) in [5.41, 5.74) is 0. The fourth-order valence-electron chi connectivity index (χ4n) is 2.85. The first-order chi connectivity index (χ1) is 8.74. The number of imide groups is 1. The smallest absolute Gasteiger partial charge is 0.417 e. The summed E-state index contributed by atoms with van der Waals surface area (Å²) in [6.45, 7) is 2.33. The van der Waals surface area contributed by atoms with Crippen LogP contribution in [0.1, 0.15) is 45.4 Å². The molecule has 2 aliphatic rings. The lowest BCUT2D eigenvalue weighted by molar-refractivity contribution is -0.125. The average Bonchev–Trinajstić information content (AvgIpc) is 2.79. The maximum absolute atomic E-state index is 12.0. The van der Waals surface area contributed by atoms with Crippen molar-refractivity contribution in [1.82, 2.24) is 4.90 Å². The molecule has 4 heteroatoms. The Morgan fingerprint density at radius 3 is 2.78 bits per heavy atom. The molecule has 0 aromatic rings. The van der Waals surface area contributed by atoms with Crippen molar-refractivity contribution in [3.63, 3.8) is 0 Å². The van der Waals surface area contributed by atoms with E-state index in [2.05, 4.69) is 0 Å². The Morgan fingerprint density at radius 2 is 2.11 bits per heavy atom. The number of amides is 2. The predicted molar refractivity (Wildman–Crippen MR) is 68.0 cm³/mol. The van der Waals surface area contributed by atoms with Crippen molar-refractivity contribution in [3.05, 3.63) is 12.2 Å². The largest absolute Gasteiger partial charge is 0.447 e. The third-order valence-electron chi connectivity index (χ3n) is 3.83. The lowest BCUT2D eigenvalue weighted by Gasteiger charge is -2.29. The summed E-state index contributed by atoms with van der Waals surface area (Å²) in [5, 5.41) is 0. The van der Waals surface area contributed by atoms with Gasteiger partial charge in [0.1, 0.15) is 6.61 Å². The molecule has 1 aliphatic heterocycles. The van der Waals surface area contributed by atoms with E-state index in [9.17, 15) is 9.59 Å². The molecule has 0 radical (unpaired) electrons. The zero-order valence-electron chi connectivity index (χ0n) is 10.9. The van der Waals surface area contributed by atoms with Crippen LogP contribution >= 0.6 is 0 Å². The van der Waals surface area contributed by atoms with Gasteiger partial charge in [0.05, 0.1) is 6.04 Å². The van der Waals surface area contributed by atoms with Gasteiger partial charge in [-0.2, -0.15) is 0 Å². The number of carbonyl (C=O) groups excluding carboxylic acids is 2. The van der Waals surface area contributed by atoms with Gasteiger partial charge in [-0.05, 0) is 31.3 Å². The van der Waals surface area contributed by atoms with Gasteiger partial charge in [-0.1, -0.05) is 32.3 Å². The highest BCUT2D eigenvalue weighted by atomic mass is 16.6. The number of rotatable bonds is 3. The fourth-order valence-corrected chi connectivity index (χ4v) is 2.85. The molecule has 0 aromatic carbocycles. The molecule has 2 amide bonds. The predicted octanol–water partition coefficient (Wildman–Crippen LogP) is 2.88. The van der Waals surface area contributed by atoms with Crippen molar-refractivity contribution in [3.8, 4) is 0 Å². The lowest BCUT2D eigenvalue weighted by Crippen LogP contribution is -2.43. The van der Waals surface area contributed by atoms with E-state index in [0.29, 0.717) is 12.5 Å². The van der Waals surface area contributed by atoms with Gasteiger partial charge in [0.15, 0.2) is 0 Å². The molecular weight excluding hydrogens is 230 g/mol. The molecule has 1 unspecified atom stereocenters. The number of allylic oxidation sites excluding steroid dienone is 1. The quantitative estimate of drug-likeness (QED) is 0.724. The minimum atomic E-state index is -0.476. The summed E-state index contributed by atoms with van der Waals surface area (Å²) >= 11 is 0. The van der Waals surface area contributed by atoms with Crippen molar-refractivity contribution in [2.45, 2.75) is 51.5 Å². The topological polar surface area (TPSA) is 46.6 Å². The van der Waals surface area contributed by atoms with Crippen molar-refractivity contribution in [2.24, 2.45) is 5.92 Å². The first-order valence-electron chi connectivity index (χ1n) is 6.90. The van der Waals surface area contributed by atoms with Crippen LogP contribution < -0.4 is 0 Å². The molecule has 2 rings (SSSR count). The molecule has 1 saturated carbocycles. The van der Waals surface area contributed by atoms with Crippen LogP contribution in [0.5, 0.6) is 0 Å². The summed E-state index contributed by atoms with van der Waals surface area (Å²) in [6.07, 6.45) is 9.45. The first-order valence-corrected chi connectivity index (χ1v) is 6.90. The Kier molecular flexibility index (Phi) is 4.39. The van der Waals surface area contributed by atoms with Crippen molar-refractivity contribution in [1.29, 1.82) is 0 Å². The van der Waals surface area contributed by atoms with Crippen LogP contribution in [0.2, 0.25) is 0 Å². The zero-order chi connectivity index (χ0) is 13.0. The van der Waals surface area contributed by atoms with Gasteiger partial charge in [-0.15, -0.1) is 0 Å². The second-order valence-electron chi connectivity index (χ2n) is 5.06. The number of cyclic esters (lactones) is 1. The van der Waals surface area contributed by atoms with Gasteiger partial charge in [0.25, 0.3) is 5.91 Å². The van der Waals surface area contributed by atoms with Crippen LogP contribution in [-0.2, 0) is 9.53 Å². The first kappa shape index (κ1) is 13.1. The summed E-state index contributed by atoms with van der Waals surface area (Å²) < 4.78 is 5.06. The molecule has 1 heterocycles. The van der Waals surface area contributed by atoms with E-state index in [0.717, 1.165) is 19.3 Å². The van der Waals surface area contributed by atoms with Gasteiger partial charge in [0.2, 0.25) is 0 Å². The second-order valence-corrected chi connectivity index (χ2v) is 5.06. The summed E-state index contributed by atoms with van der Waals surface area (Å²) in [6, 6.07) is -0.0493. The molecule has 0 spiro atoms. The van der Waals surface area contributed by atoms with Crippen LogP contribution in [0.25, 0.3) is 0 Å². The summed E-state index contributed by atoms with van der Waals surface area (Å²) in [7, 11) is 0. The normalized spacial score (nSPS) is 25.7. The highest BCUT2D eigenvalue weighted by Gasteiger charge is 2.41. The number of nitrogens with zero attached hydrogens (tertiary/aromatic N) is 1. The van der Waals surface area contributed by atoms with Crippen LogP contribution in [0.3, 0.4) is 0 Å². The molecule has 18 heavy (non-hydrogen) atoms. The van der Waals surface area contributed by atoms with E-state index in [1.807, 2.05) is 6.92 Å². The molecule has 0 bridgehead atoms. The van der Waals surface area contributed by atoms with Gasteiger partial charge in [-0.3, -0.25) is 4.79 Å². The zero-order valence-corrected chi connectivity index (χ0v) is 10.9. The highest BCUT2D eigenvalue weighted by molar-refractivity contribution is 5.99. The molecule has 1 atom stereocenters. The molecule has 100 valence electrons. The Balaban J connectivity index is 2.06. The minimum Gasteiger partial charge on any atom is -0.447 e. The number of ether oxygens (including phenoxy) is 1. The summed E-state index contributed by atoms with van der Waals surface area (Å²) in [4.78, 5) is 25.0. The van der Waals surface area contributed by atoms with E-state index in [4.69, 9.17) is 4.74 Å². The summed E-state index contributed by atoms with van der Waals surface area (Å²) in [5.74, 6) is 0.194. The van der Waals surface area contributed by atoms with E-state index < -0.39 is 6.09 Å². The third kappa shape index (κ3) is 2.74. The maximum Gasteiger partial charge on any atom is 0.417 e. The maximum atomic E-state index is 12.0. The minimum absolute atomic E-state index is 0.0493. The number of hydrogen-bond acceptors (Lipinski definition) is 3. The van der Waals surface area contributed by atoms with Crippen LogP contribution in [0.15, 0.2) is 12.2 Å². The van der Waals surface area contributed by atoms with Crippen molar-refractivity contribution in [2.75, 3.05) is 6.61 Å². The molecular formula is C14H21NO3. The van der Waals surface area contributed by atoms with Gasteiger partial charge in [-0.25, -0.2) is 9.69 Å². The molecule has 2 fully saturated rings. The Hall–Kier alpha value is -1.32. The Labute approximate surface area is 108 Å². The van der Waals surface area contributed by atoms with Crippen LogP contribution in [-0.4, -0.2) is 29.5 Å². The molecule has 0 N–H and O–H groups in total. The van der Waals surface area contributed by atoms with E-state index in [-0.39, 0.29) is 11.9 Å². The van der Waals surface area contributed by atoms with Crippen molar-refractivity contribution < 1.29 is 14.3 Å². The molecule has 0 aromatic heterocycles. The standard InChI is InChI=1S/C14H21NO3/c1-2-3-9-13(16)15-12(10-18-14(15)17)11-7-5-4-6-8-11/h3,9,11-12H,2,4-8,10H2,1H3/b9-3+. The van der Waals surface area contributed by atoms with E-state index >= 15 is 0 Å². The fraction of sp³-hybridized carbons (Fsp3) is 0.714. The average molecular weight is 251 g/mol. The van der Waals surface area contributed by atoms with E-state index in [1.54, 1.807) is 6.08 Å². The van der Waals surface area contributed by atoms with Gasteiger partial charge < -0.3 is 4.74 Å². The molecule has 1 aliphatic carbocycles. The van der Waals surface area contributed by atoms with Gasteiger partial charge in [0, 0.05) is 0 Å². The van der Waals surface area contributed by atoms with Gasteiger partial charge >= 0.3 is 6.09 Å². The Morgan fingerprint density at radius 1 is 1.39 bits per heavy atom.